The van der Waals surface area contributed by atoms with Crippen molar-refractivity contribution in [3.63, 3.8) is 0 Å². The molecule has 0 unspecified atom stereocenters. The van der Waals surface area contributed by atoms with E-state index in [1.807, 2.05) is 55.5 Å². The van der Waals surface area contributed by atoms with E-state index in [1.165, 1.54) is 0 Å². The Bertz CT molecular complexity index is 509. The molecular formula is C16H18O3. The second kappa shape index (κ2) is 6.69. The predicted molar refractivity (Wildman–Crippen MR) is 74.7 cm³/mol. The third-order valence-corrected chi connectivity index (χ3v) is 2.71. The maximum atomic E-state index is 5.59. The molecule has 2 aromatic rings. The van der Waals surface area contributed by atoms with E-state index in [0.717, 1.165) is 17.7 Å². The Kier molecular flexibility index (Phi) is 4.67. The zero-order valence-electron chi connectivity index (χ0n) is 11.3. The lowest BCUT2D eigenvalue weighted by atomic mass is 10.1. The molecule has 19 heavy (non-hydrogen) atoms. The molecule has 3 nitrogen and oxygen atoms in total. The van der Waals surface area contributed by atoms with E-state index < -0.39 is 0 Å². The van der Waals surface area contributed by atoms with Crippen molar-refractivity contribution in [3.05, 3.63) is 54.1 Å². The first-order chi connectivity index (χ1) is 9.35. The van der Waals surface area contributed by atoms with Crippen LogP contribution < -0.4 is 14.5 Å². The van der Waals surface area contributed by atoms with Crippen LogP contribution in [0.2, 0.25) is 0 Å². The summed E-state index contributed by atoms with van der Waals surface area (Å²) in [5.74, 6) is 2.21. The Balaban J connectivity index is 2.13. The second-order valence-corrected chi connectivity index (χ2v) is 4.00. The predicted octanol–water partition coefficient (Wildman–Crippen LogP) is 4.02. The Morgan fingerprint density at radius 1 is 0.789 bits per heavy atom. The van der Waals surface area contributed by atoms with Gasteiger partial charge in [-0.15, -0.1) is 0 Å². The van der Waals surface area contributed by atoms with E-state index in [-0.39, 0.29) is 0 Å². The van der Waals surface area contributed by atoms with Crippen molar-refractivity contribution in [1.29, 1.82) is 0 Å². The summed E-state index contributed by atoms with van der Waals surface area (Å²) in [4.78, 5) is 10.7. The van der Waals surface area contributed by atoms with Crippen LogP contribution in [-0.2, 0) is 6.42 Å². The minimum absolute atomic E-state index is 0.635. The highest BCUT2D eigenvalue weighted by molar-refractivity contribution is 5.44. The third-order valence-electron chi connectivity index (χ3n) is 2.71. The van der Waals surface area contributed by atoms with Crippen LogP contribution in [-0.4, -0.2) is 6.61 Å². The van der Waals surface area contributed by atoms with Crippen LogP contribution in [0.15, 0.2) is 48.5 Å². The second-order valence-electron chi connectivity index (χ2n) is 4.00. The minimum atomic E-state index is 0.635. The monoisotopic (exact) mass is 258 g/mol. The van der Waals surface area contributed by atoms with Gasteiger partial charge in [-0.3, -0.25) is 9.78 Å². The molecule has 0 aliphatic carbocycles. The van der Waals surface area contributed by atoms with Crippen LogP contribution in [0.5, 0.6) is 17.2 Å². The Morgan fingerprint density at radius 2 is 1.53 bits per heavy atom. The molecule has 0 fully saturated rings. The van der Waals surface area contributed by atoms with Crippen molar-refractivity contribution < 1.29 is 14.5 Å². The van der Waals surface area contributed by atoms with E-state index >= 15 is 0 Å². The van der Waals surface area contributed by atoms with E-state index in [0.29, 0.717) is 18.1 Å². The van der Waals surface area contributed by atoms with Crippen LogP contribution in [0.3, 0.4) is 0 Å². The van der Waals surface area contributed by atoms with Gasteiger partial charge in [0.2, 0.25) is 0 Å². The standard InChI is InChI=1S/C16H18O3/c1-3-14-15(17-4-2)11-8-12-16(14)19-18-13-9-6-5-7-10-13/h5-12H,3-4H2,1-2H3. The molecule has 0 aliphatic rings. The lowest BCUT2D eigenvalue weighted by Crippen LogP contribution is -2.04. The van der Waals surface area contributed by atoms with Gasteiger partial charge in [0.25, 0.3) is 0 Å². The van der Waals surface area contributed by atoms with Crippen molar-refractivity contribution in [2.75, 3.05) is 6.61 Å². The van der Waals surface area contributed by atoms with Crippen LogP contribution in [0.4, 0.5) is 0 Å². The summed E-state index contributed by atoms with van der Waals surface area (Å²) in [6.45, 7) is 4.66. The Hall–Kier alpha value is -2.16. The van der Waals surface area contributed by atoms with Crippen LogP contribution in [0.25, 0.3) is 0 Å². The number of benzene rings is 2. The molecular weight excluding hydrogens is 240 g/mol. The van der Waals surface area contributed by atoms with Gasteiger partial charge in [-0.2, -0.15) is 0 Å². The molecule has 2 rings (SSSR count). The van der Waals surface area contributed by atoms with Crippen molar-refractivity contribution in [3.8, 4) is 17.2 Å². The number of hydrogen-bond acceptors (Lipinski definition) is 3. The zero-order chi connectivity index (χ0) is 13.5. The molecule has 0 heterocycles. The summed E-state index contributed by atoms with van der Waals surface area (Å²) in [7, 11) is 0. The Labute approximate surface area is 113 Å². The topological polar surface area (TPSA) is 27.7 Å². The molecule has 3 heteroatoms. The summed E-state index contributed by atoms with van der Waals surface area (Å²) in [6, 6.07) is 15.1. The Morgan fingerprint density at radius 3 is 2.21 bits per heavy atom. The molecule has 0 N–H and O–H groups in total. The molecule has 0 amide bonds. The first-order valence-electron chi connectivity index (χ1n) is 6.49. The van der Waals surface area contributed by atoms with Gasteiger partial charge in [-0.05, 0) is 37.6 Å². The van der Waals surface area contributed by atoms with Gasteiger partial charge in [-0.1, -0.05) is 31.2 Å². The van der Waals surface area contributed by atoms with Gasteiger partial charge in [0.05, 0.1) is 6.61 Å². The third kappa shape index (κ3) is 3.41. The van der Waals surface area contributed by atoms with Crippen LogP contribution >= 0.6 is 0 Å². The average Bonchev–Trinajstić information content (AvgIpc) is 2.46. The number of ether oxygens (including phenoxy) is 1. The minimum Gasteiger partial charge on any atom is -0.493 e. The first kappa shape index (κ1) is 13.3. The van der Waals surface area contributed by atoms with E-state index in [1.54, 1.807) is 0 Å². The fourth-order valence-corrected chi connectivity index (χ4v) is 1.83. The molecule has 0 spiro atoms. The zero-order valence-corrected chi connectivity index (χ0v) is 11.3. The van der Waals surface area contributed by atoms with Gasteiger partial charge < -0.3 is 4.74 Å². The summed E-state index contributed by atoms with van der Waals surface area (Å²) in [5, 5.41) is 0. The SMILES string of the molecule is CCOc1cccc(OOc2ccccc2)c1CC. The molecule has 0 saturated heterocycles. The van der Waals surface area contributed by atoms with Crippen molar-refractivity contribution in [2.24, 2.45) is 0 Å². The van der Waals surface area contributed by atoms with E-state index in [2.05, 4.69) is 6.92 Å². The van der Waals surface area contributed by atoms with Crippen LogP contribution in [0.1, 0.15) is 19.4 Å². The molecule has 0 radical (unpaired) electrons. The lowest BCUT2D eigenvalue weighted by molar-refractivity contribution is -0.101. The van der Waals surface area contributed by atoms with Crippen molar-refractivity contribution >= 4 is 0 Å². The summed E-state index contributed by atoms with van der Waals surface area (Å²) < 4.78 is 5.59. The summed E-state index contributed by atoms with van der Waals surface area (Å²) in [5.41, 5.74) is 1.01. The normalized spacial score (nSPS) is 10.0. The average molecular weight is 258 g/mol. The molecule has 0 bridgehead atoms. The molecule has 2 aromatic carbocycles. The summed E-state index contributed by atoms with van der Waals surface area (Å²) in [6.07, 6.45) is 0.823. The van der Waals surface area contributed by atoms with Crippen LogP contribution in [0, 0.1) is 0 Å². The highest BCUT2D eigenvalue weighted by Gasteiger charge is 2.10. The molecule has 0 atom stereocenters. The number of rotatable bonds is 6. The van der Waals surface area contributed by atoms with Gasteiger partial charge >= 0.3 is 0 Å². The number of hydrogen-bond donors (Lipinski definition) is 0. The van der Waals surface area contributed by atoms with Gasteiger partial charge in [0, 0.05) is 5.56 Å². The highest BCUT2D eigenvalue weighted by atomic mass is 17.2. The van der Waals surface area contributed by atoms with E-state index in [9.17, 15) is 0 Å². The van der Waals surface area contributed by atoms with Crippen molar-refractivity contribution in [1.82, 2.24) is 0 Å². The largest absolute Gasteiger partial charge is 0.493 e. The number of para-hydroxylation sites is 1. The maximum absolute atomic E-state index is 5.59. The first-order valence-corrected chi connectivity index (χ1v) is 6.49. The fraction of sp³-hybridized carbons (Fsp3) is 0.250. The smallest absolute Gasteiger partial charge is 0.185 e. The molecule has 0 aliphatic heterocycles. The van der Waals surface area contributed by atoms with E-state index in [4.69, 9.17) is 14.5 Å². The van der Waals surface area contributed by atoms with Gasteiger partial charge in [0.1, 0.15) is 5.75 Å². The van der Waals surface area contributed by atoms with Gasteiger partial charge in [0.15, 0.2) is 11.5 Å². The molecule has 0 aromatic heterocycles. The molecule has 0 saturated carbocycles. The lowest BCUT2D eigenvalue weighted by Gasteiger charge is -2.13. The molecule has 100 valence electrons. The maximum Gasteiger partial charge on any atom is 0.185 e. The van der Waals surface area contributed by atoms with Gasteiger partial charge in [-0.25, -0.2) is 0 Å². The highest BCUT2D eigenvalue weighted by Crippen LogP contribution is 2.29. The fourth-order valence-electron chi connectivity index (χ4n) is 1.83. The quantitative estimate of drug-likeness (QED) is 0.578. The summed E-state index contributed by atoms with van der Waals surface area (Å²) >= 11 is 0. The van der Waals surface area contributed by atoms with Crippen molar-refractivity contribution in [2.45, 2.75) is 20.3 Å².